The number of piperazine rings is 1. The first kappa shape index (κ1) is 16.0. The minimum Gasteiger partial charge on any atom is -0.369 e. The minimum absolute atomic E-state index is 0.140. The van der Waals surface area contributed by atoms with Crippen LogP contribution in [0.5, 0.6) is 0 Å². The molecule has 0 bridgehead atoms. The van der Waals surface area contributed by atoms with Crippen LogP contribution in [0.2, 0.25) is 0 Å². The number of anilines is 2. The van der Waals surface area contributed by atoms with E-state index in [1.54, 1.807) is 11.3 Å². The number of benzene rings is 1. The number of amides is 1. The summed E-state index contributed by atoms with van der Waals surface area (Å²) in [4.78, 5) is 22.3. The lowest BCUT2D eigenvalue weighted by molar-refractivity contribution is 0.102. The molecular weight excluding hydrogens is 308 g/mol. The quantitative estimate of drug-likeness (QED) is 0.940. The van der Waals surface area contributed by atoms with E-state index in [0.29, 0.717) is 5.69 Å². The molecule has 0 spiro atoms. The third-order valence-corrected chi connectivity index (χ3v) is 5.00. The molecule has 1 aromatic carbocycles. The molecule has 0 saturated carbocycles. The number of hydrogen-bond acceptors (Lipinski definition) is 5. The number of carbonyl (C=O) groups excluding carboxylic acids is 1. The average Bonchev–Trinajstić information content (AvgIpc) is 2.88. The summed E-state index contributed by atoms with van der Waals surface area (Å²) in [5.41, 5.74) is 2.53. The molecule has 5 nitrogen and oxygen atoms in total. The molecule has 0 radical (unpaired) electrons. The number of likely N-dealkylation sites (N-methyl/N-ethyl adjacent to an activating group) is 1. The average molecular weight is 330 g/mol. The standard InChI is InChI=1S/C17H22N4OS/c1-12-16(18-13(2)23-12)17(22)19-14-4-6-15(7-5-14)21-10-8-20(3)9-11-21/h4-7H,8-11H2,1-3H3,(H,19,22). The van der Waals surface area contributed by atoms with E-state index in [4.69, 9.17) is 0 Å². The zero-order valence-electron chi connectivity index (χ0n) is 13.8. The maximum Gasteiger partial charge on any atom is 0.275 e. The summed E-state index contributed by atoms with van der Waals surface area (Å²) >= 11 is 1.55. The van der Waals surface area contributed by atoms with Crippen LogP contribution in [0.25, 0.3) is 0 Å². The second kappa shape index (κ2) is 6.68. The summed E-state index contributed by atoms with van der Waals surface area (Å²) in [6.45, 7) is 8.09. The van der Waals surface area contributed by atoms with Crippen LogP contribution in [0, 0.1) is 13.8 Å². The van der Waals surface area contributed by atoms with Crippen molar-refractivity contribution >= 4 is 28.6 Å². The predicted molar refractivity (Wildman–Crippen MR) is 95.7 cm³/mol. The number of rotatable bonds is 3. The number of thiazole rings is 1. The van der Waals surface area contributed by atoms with E-state index in [9.17, 15) is 4.79 Å². The van der Waals surface area contributed by atoms with Crippen LogP contribution in [0.1, 0.15) is 20.4 Å². The monoisotopic (exact) mass is 330 g/mol. The van der Waals surface area contributed by atoms with E-state index >= 15 is 0 Å². The summed E-state index contributed by atoms with van der Waals surface area (Å²) in [6, 6.07) is 8.06. The third kappa shape index (κ3) is 3.71. The molecule has 2 aromatic rings. The summed E-state index contributed by atoms with van der Waals surface area (Å²) < 4.78 is 0. The van der Waals surface area contributed by atoms with E-state index in [1.165, 1.54) is 5.69 Å². The van der Waals surface area contributed by atoms with E-state index in [-0.39, 0.29) is 5.91 Å². The Balaban J connectivity index is 1.65. The van der Waals surface area contributed by atoms with Gasteiger partial charge in [-0.1, -0.05) is 0 Å². The Morgan fingerprint density at radius 1 is 1.13 bits per heavy atom. The minimum atomic E-state index is -0.140. The van der Waals surface area contributed by atoms with Gasteiger partial charge in [0.05, 0.1) is 5.01 Å². The van der Waals surface area contributed by atoms with E-state index in [1.807, 2.05) is 26.0 Å². The van der Waals surface area contributed by atoms with Crippen molar-refractivity contribution in [2.24, 2.45) is 0 Å². The molecule has 1 amide bonds. The Kier molecular flexibility index (Phi) is 4.63. The fraction of sp³-hybridized carbons (Fsp3) is 0.412. The molecule has 0 aliphatic carbocycles. The van der Waals surface area contributed by atoms with Crippen LogP contribution in [0.15, 0.2) is 24.3 Å². The van der Waals surface area contributed by atoms with Gasteiger partial charge in [0.1, 0.15) is 5.69 Å². The first-order valence-electron chi connectivity index (χ1n) is 7.82. The highest BCUT2D eigenvalue weighted by Gasteiger charge is 2.16. The summed E-state index contributed by atoms with van der Waals surface area (Å²) in [6.07, 6.45) is 0. The highest BCUT2D eigenvalue weighted by atomic mass is 32.1. The van der Waals surface area contributed by atoms with Crippen molar-refractivity contribution in [1.82, 2.24) is 9.88 Å². The Bertz CT molecular complexity index is 687. The van der Waals surface area contributed by atoms with Gasteiger partial charge in [-0.3, -0.25) is 4.79 Å². The molecule has 0 atom stereocenters. The molecule has 3 rings (SSSR count). The first-order chi connectivity index (χ1) is 11.0. The summed E-state index contributed by atoms with van der Waals surface area (Å²) in [7, 11) is 2.15. The number of aryl methyl sites for hydroxylation is 2. The van der Waals surface area contributed by atoms with Gasteiger partial charge in [0.15, 0.2) is 0 Å². The lowest BCUT2D eigenvalue weighted by atomic mass is 10.2. The van der Waals surface area contributed by atoms with Crippen molar-refractivity contribution < 1.29 is 4.79 Å². The molecule has 1 aliphatic heterocycles. The highest BCUT2D eigenvalue weighted by Crippen LogP contribution is 2.21. The molecule has 6 heteroatoms. The van der Waals surface area contributed by atoms with Gasteiger partial charge in [0.25, 0.3) is 5.91 Å². The fourth-order valence-corrected chi connectivity index (χ4v) is 3.57. The van der Waals surface area contributed by atoms with Gasteiger partial charge >= 0.3 is 0 Å². The smallest absolute Gasteiger partial charge is 0.275 e. The van der Waals surface area contributed by atoms with Gasteiger partial charge in [-0.2, -0.15) is 0 Å². The molecule has 1 N–H and O–H groups in total. The van der Waals surface area contributed by atoms with Crippen molar-refractivity contribution in [3.8, 4) is 0 Å². The van der Waals surface area contributed by atoms with E-state index in [2.05, 4.69) is 39.3 Å². The summed E-state index contributed by atoms with van der Waals surface area (Å²) in [5, 5.41) is 3.84. The number of nitrogens with one attached hydrogen (secondary N) is 1. The molecular formula is C17H22N4OS. The van der Waals surface area contributed by atoms with Gasteiger partial charge in [0, 0.05) is 42.4 Å². The van der Waals surface area contributed by atoms with E-state index in [0.717, 1.165) is 41.8 Å². The van der Waals surface area contributed by atoms with Gasteiger partial charge in [0.2, 0.25) is 0 Å². The molecule has 1 aliphatic rings. The van der Waals surface area contributed by atoms with Crippen molar-refractivity contribution in [1.29, 1.82) is 0 Å². The first-order valence-corrected chi connectivity index (χ1v) is 8.63. The second-order valence-electron chi connectivity index (χ2n) is 5.93. The van der Waals surface area contributed by atoms with Crippen LogP contribution in [-0.4, -0.2) is 49.0 Å². The Hall–Kier alpha value is -1.92. The molecule has 0 unspecified atom stereocenters. The second-order valence-corrected chi connectivity index (χ2v) is 7.34. The molecule has 2 heterocycles. The van der Waals surface area contributed by atoms with Crippen molar-refractivity contribution in [3.05, 3.63) is 39.8 Å². The topological polar surface area (TPSA) is 48.5 Å². The zero-order valence-corrected chi connectivity index (χ0v) is 14.6. The lowest BCUT2D eigenvalue weighted by Crippen LogP contribution is -2.44. The normalized spacial score (nSPS) is 15.7. The van der Waals surface area contributed by atoms with Gasteiger partial charge in [-0.05, 0) is 45.2 Å². The molecule has 1 aromatic heterocycles. The molecule has 1 fully saturated rings. The van der Waals surface area contributed by atoms with Crippen LogP contribution >= 0.6 is 11.3 Å². The number of aromatic nitrogens is 1. The Morgan fingerprint density at radius 2 is 1.78 bits per heavy atom. The summed E-state index contributed by atoms with van der Waals surface area (Å²) in [5.74, 6) is -0.140. The predicted octanol–water partition coefficient (Wildman–Crippen LogP) is 2.76. The van der Waals surface area contributed by atoms with Gasteiger partial charge in [-0.25, -0.2) is 4.98 Å². The van der Waals surface area contributed by atoms with Crippen molar-refractivity contribution in [2.75, 3.05) is 43.4 Å². The largest absolute Gasteiger partial charge is 0.369 e. The van der Waals surface area contributed by atoms with Crippen LogP contribution < -0.4 is 10.2 Å². The van der Waals surface area contributed by atoms with Gasteiger partial charge in [-0.15, -0.1) is 11.3 Å². The SMILES string of the molecule is Cc1nc(C(=O)Nc2ccc(N3CCN(C)CC3)cc2)c(C)s1. The van der Waals surface area contributed by atoms with Crippen molar-refractivity contribution in [2.45, 2.75) is 13.8 Å². The number of carbonyl (C=O) groups is 1. The fourth-order valence-electron chi connectivity index (χ4n) is 2.75. The van der Waals surface area contributed by atoms with Crippen LogP contribution in [0.4, 0.5) is 11.4 Å². The highest BCUT2D eigenvalue weighted by molar-refractivity contribution is 7.11. The third-order valence-electron chi connectivity index (χ3n) is 4.11. The van der Waals surface area contributed by atoms with Crippen LogP contribution in [0.3, 0.4) is 0 Å². The molecule has 23 heavy (non-hydrogen) atoms. The molecule has 1 saturated heterocycles. The van der Waals surface area contributed by atoms with E-state index < -0.39 is 0 Å². The van der Waals surface area contributed by atoms with Crippen LogP contribution in [-0.2, 0) is 0 Å². The maximum atomic E-state index is 12.3. The van der Waals surface area contributed by atoms with Crippen molar-refractivity contribution in [3.63, 3.8) is 0 Å². The number of nitrogens with zero attached hydrogens (tertiary/aromatic N) is 3. The molecule has 122 valence electrons. The number of hydrogen-bond donors (Lipinski definition) is 1. The Morgan fingerprint density at radius 3 is 2.35 bits per heavy atom. The maximum absolute atomic E-state index is 12.3. The zero-order chi connectivity index (χ0) is 16.4. The Labute approximate surface area is 140 Å². The lowest BCUT2D eigenvalue weighted by Gasteiger charge is -2.34. The van der Waals surface area contributed by atoms with Gasteiger partial charge < -0.3 is 15.1 Å².